The van der Waals surface area contributed by atoms with Crippen molar-refractivity contribution in [2.45, 2.75) is 195 Å². The summed E-state index contributed by atoms with van der Waals surface area (Å²) in [5.74, 6) is 0. The fraction of sp³-hybridized carbons (Fsp3) is 0.441. The second kappa shape index (κ2) is 15.7. The zero-order chi connectivity index (χ0) is 51.8. The van der Waals surface area contributed by atoms with E-state index in [1.807, 2.05) is 11.3 Å². The number of rotatable bonds is 3. The molecule has 1 aromatic heterocycles. The van der Waals surface area contributed by atoms with Crippen molar-refractivity contribution >= 4 is 78.0 Å². The van der Waals surface area contributed by atoms with E-state index in [4.69, 9.17) is 0 Å². The normalized spacial score (nSPS) is 18.3. The topological polar surface area (TPSA) is 6.48 Å². The molecule has 0 spiro atoms. The lowest BCUT2D eigenvalue weighted by Gasteiger charge is -2.47. The summed E-state index contributed by atoms with van der Waals surface area (Å²) in [5.41, 5.74) is 26.3. The summed E-state index contributed by atoms with van der Waals surface area (Å²) in [6, 6.07) is 40.1. The first-order valence-corrected chi connectivity index (χ1v) is 28.1. The quantitative estimate of drug-likeness (QED) is 0.163. The summed E-state index contributed by atoms with van der Waals surface area (Å²) >= 11 is 2.03. The number of benzene rings is 6. The highest BCUT2D eigenvalue weighted by atomic mass is 32.1. The molecule has 0 amide bonds. The Morgan fingerprint density at radius 1 is 0.472 bits per heavy atom. The SMILES string of the molecule is Cc1cc2c3c(c1)N(c1ccc(C(C)(C)C)cc1)c1c(sc4ccc(C(C)(C)C)cc14)B3c1cc3c(cc1N2c1c(C)cc(C(C)(C)C)cc1-c1ccc2c(c1)C(C)(C)CCC2(C)C)C(C)(C)CCC3(C)C. The molecule has 0 radical (unpaired) electrons. The molecule has 72 heavy (non-hydrogen) atoms. The van der Waals surface area contributed by atoms with Crippen molar-refractivity contribution in [2.24, 2.45) is 0 Å². The minimum absolute atomic E-state index is 0.00995. The number of hydrogen-bond donors (Lipinski definition) is 0. The maximum atomic E-state index is 2.78. The highest BCUT2D eigenvalue weighted by Gasteiger charge is 2.49. The van der Waals surface area contributed by atoms with Gasteiger partial charge in [0.25, 0.3) is 6.71 Å². The molecule has 0 unspecified atom stereocenters. The molecule has 2 nitrogen and oxygen atoms in total. The standard InChI is InChI=1S/C68H81BN2S/c1-40-32-55-58-56(33-40)71(59-41(2)34-45(64(9,10)11)37-47(59)42-20-26-49-50(35-42)66(14,15)29-28-65(49,12)13)54-39-52-51(67(16,17)30-31-68(52,18)19)38-53(54)69(58)61-60(48-36-44(63(6,7)8)23-27-57(48)72-61)70(55)46-24-21-43(22-25-46)62(3,4)5/h20-27,32-39H,28-31H2,1-19H3. The summed E-state index contributed by atoms with van der Waals surface area (Å²) in [7, 11) is 0. The number of nitrogens with zero attached hydrogens (tertiary/aromatic N) is 2. The number of aryl methyl sites for hydroxylation is 2. The third-order valence-electron chi connectivity index (χ3n) is 18.2. The first kappa shape index (κ1) is 49.2. The molecule has 0 saturated carbocycles. The predicted molar refractivity (Wildman–Crippen MR) is 317 cm³/mol. The van der Waals surface area contributed by atoms with E-state index in [1.54, 1.807) is 0 Å². The minimum Gasteiger partial charge on any atom is -0.311 e. The lowest BCUT2D eigenvalue weighted by atomic mass is 9.35. The first-order chi connectivity index (χ1) is 33.4. The van der Waals surface area contributed by atoms with Gasteiger partial charge in [0.05, 0.1) is 11.4 Å². The maximum Gasteiger partial charge on any atom is 0.264 e. The van der Waals surface area contributed by atoms with E-state index in [1.165, 1.54) is 147 Å². The van der Waals surface area contributed by atoms with Crippen LogP contribution in [0, 0.1) is 13.8 Å². The van der Waals surface area contributed by atoms with Gasteiger partial charge in [-0.2, -0.15) is 0 Å². The van der Waals surface area contributed by atoms with Crippen LogP contribution in [0.25, 0.3) is 21.2 Å². The lowest BCUT2D eigenvalue weighted by Crippen LogP contribution is -2.61. The molecule has 0 saturated heterocycles. The largest absolute Gasteiger partial charge is 0.311 e. The van der Waals surface area contributed by atoms with Gasteiger partial charge in [0, 0.05) is 43.2 Å². The summed E-state index contributed by atoms with van der Waals surface area (Å²) < 4.78 is 2.80. The van der Waals surface area contributed by atoms with E-state index in [9.17, 15) is 0 Å². The Kier molecular flexibility index (Phi) is 10.7. The van der Waals surface area contributed by atoms with Crippen LogP contribution >= 0.6 is 11.3 Å². The Bertz CT molecular complexity index is 3390. The Morgan fingerprint density at radius 3 is 1.58 bits per heavy atom. The summed E-state index contributed by atoms with van der Waals surface area (Å²) in [4.78, 5) is 5.45. The molecule has 7 aromatic rings. The fourth-order valence-corrected chi connectivity index (χ4v) is 14.5. The molecule has 0 bridgehead atoms. The van der Waals surface area contributed by atoms with Gasteiger partial charge in [-0.05, 0) is 193 Å². The van der Waals surface area contributed by atoms with Gasteiger partial charge in [-0.3, -0.25) is 0 Å². The van der Waals surface area contributed by atoms with E-state index in [0.717, 1.165) is 0 Å². The highest BCUT2D eigenvalue weighted by Crippen LogP contribution is 2.55. The number of hydrogen-bond acceptors (Lipinski definition) is 3. The third kappa shape index (κ3) is 7.60. The van der Waals surface area contributed by atoms with Crippen molar-refractivity contribution in [3.8, 4) is 11.1 Å². The van der Waals surface area contributed by atoms with Crippen LogP contribution in [-0.2, 0) is 37.9 Å². The number of thiophene rings is 1. The average molecular weight is 969 g/mol. The molecule has 0 fully saturated rings. The van der Waals surface area contributed by atoms with E-state index >= 15 is 0 Å². The van der Waals surface area contributed by atoms with Crippen molar-refractivity contribution in [2.75, 3.05) is 9.80 Å². The Balaban J connectivity index is 1.28. The van der Waals surface area contributed by atoms with Gasteiger partial charge in [-0.15, -0.1) is 11.3 Å². The molecule has 372 valence electrons. The molecular weight excluding hydrogens is 888 g/mol. The molecule has 0 N–H and O–H groups in total. The molecule has 2 aliphatic carbocycles. The summed E-state index contributed by atoms with van der Waals surface area (Å²) in [6.07, 6.45) is 4.73. The lowest BCUT2D eigenvalue weighted by molar-refractivity contribution is 0.332. The number of anilines is 6. The Hall–Kier alpha value is -5.06. The van der Waals surface area contributed by atoms with Gasteiger partial charge in [0.15, 0.2) is 0 Å². The molecule has 4 heteroatoms. The van der Waals surface area contributed by atoms with Crippen molar-refractivity contribution in [3.63, 3.8) is 0 Å². The van der Waals surface area contributed by atoms with Crippen LogP contribution < -0.4 is 25.5 Å². The monoisotopic (exact) mass is 969 g/mol. The van der Waals surface area contributed by atoms with Crippen LogP contribution in [0.5, 0.6) is 0 Å². The van der Waals surface area contributed by atoms with Gasteiger partial charge in [-0.1, -0.05) is 166 Å². The van der Waals surface area contributed by atoms with E-state index < -0.39 is 0 Å². The smallest absolute Gasteiger partial charge is 0.264 e. The highest BCUT2D eigenvalue weighted by molar-refractivity contribution is 7.33. The molecule has 6 aromatic carbocycles. The van der Waals surface area contributed by atoms with Crippen molar-refractivity contribution < 1.29 is 0 Å². The van der Waals surface area contributed by atoms with Crippen LogP contribution in [0.15, 0.2) is 97.1 Å². The van der Waals surface area contributed by atoms with E-state index in [-0.39, 0.29) is 44.6 Å². The first-order valence-electron chi connectivity index (χ1n) is 27.3. The van der Waals surface area contributed by atoms with Crippen molar-refractivity contribution in [1.29, 1.82) is 0 Å². The molecule has 3 heterocycles. The predicted octanol–water partition coefficient (Wildman–Crippen LogP) is 17.9. The Labute approximate surface area is 438 Å². The minimum atomic E-state index is -0.0386. The van der Waals surface area contributed by atoms with Crippen LogP contribution in [0.2, 0.25) is 0 Å². The van der Waals surface area contributed by atoms with Gasteiger partial charge >= 0.3 is 0 Å². The third-order valence-corrected chi connectivity index (χ3v) is 19.4. The number of fused-ring (bicyclic) bond motifs is 8. The molecule has 4 aliphatic rings. The zero-order valence-electron chi connectivity index (χ0n) is 47.4. The molecule has 11 rings (SSSR count). The van der Waals surface area contributed by atoms with Crippen molar-refractivity contribution in [3.05, 3.63) is 147 Å². The van der Waals surface area contributed by atoms with E-state index in [0.29, 0.717) is 0 Å². The fourth-order valence-electron chi connectivity index (χ4n) is 13.2. The average Bonchev–Trinajstić information content (AvgIpc) is 3.66. The summed E-state index contributed by atoms with van der Waals surface area (Å²) in [6.45, 7) is 45.9. The van der Waals surface area contributed by atoms with Crippen molar-refractivity contribution in [1.82, 2.24) is 0 Å². The zero-order valence-corrected chi connectivity index (χ0v) is 48.3. The second-order valence-electron chi connectivity index (χ2n) is 28.6. The van der Waals surface area contributed by atoms with Crippen LogP contribution in [0.1, 0.15) is 193 Å². The van der Waals surface area contributed by atoms with E-state index in [2.05, 4.69) is 238 Å². The molecular formula is C68H81BN2S. The maximum absolute atomic E-state index is 2.78. The Morgan fingerprint density at radius 2 is 1.00 bits per heavy atom. The van der Waals surface area contributed by atoms with Crippen LogP contribution in [0.4, 0.5) is 34.1 Å². The van der Waals surface area contributed by atoms with Gasteiger partial charge in [0.1, 0.15) is 0 Å². The van der Waals surface area contributed by atoms with Crippen LogP contribution in [-0.4, -0.2) is 6.71 Å². The molecule has 0 atom stereocenters. The van der Waals surface area contributed by atoms with Crippen LogP contribution in [0.3, 0.4) is 0 Å². The van der Waals surface area contributed by atoms with Gasteiger partial charge in [-0.25, -0.2) is 0 Å². The van der Waals surface area contributed by atoms with Gasteiger partial charge < -0.3 is 9.80 Å². The summed E-state index contributed by atoms with van der Waals surface area (Å²) in [5, 5.41) is 1.36. The van der Waals surface area contributed by atoms with Gasteiger partial charge in [0.2, 0.25) is 0 Å². The molecule has 2 aliphatic heterocycles. The second-order valence-corrected chi connectivity index (χ2v) is 29.7.